The van der Waals surface area contributed by atoms with Gasteiger partial charge in [0.2, 0.25) is 0 Å². The first-order valence-corrected chi connectivity index (χ1v) is 3.49. The van der Waals surface area contributed by atoms with Gasteiger partial charge in [-0.05, 0) is 12.8 Å². The molecule has 0 aromatic carbocycles. The van der Waals surface area contributed by atoms with Crippen LogP contribution in [0.1, 0.15) is 12.8 Å². The Morgan fingerprint density at radius 1 is 1.70 bits per heavy atom. The molecule has 1 radical (unpaired) electrons. The van der Waals surface area contributed by atoms with Gasteiger partial charge in [-0.2, -0.15) is 0 Å². The van der Waals surface area contributed by atoms with Crippen molar-refractivity contribution < 1.29 is 14.4 Å². The van der Waals surface area contributed by atoms with Gasteiger partial charge in [-0.1, -0.05) is 11.6 Å². The summed E-state index contributed by atoms with van der Waals surface area (Å²) < 4.78 is 9.31. The zero-order chi connectivity index (χ0) is 7.82. The Morgan fingerprint density at radius 2 is 2.40 bits per heavy atom. The topological polar surface area (TPSA) is 38.7 Å². The van der Waals surface area contributed by atoms with Crippen molar-refractivity contribution in [2.45, 2.75) is 18.4 Å². The molecular formula is C5H11BClO3. The van der Waals surface area contributed by atoms with Crippen LogP contribution in [0.2, 0.25) is 0 Å². The fourth-order valence-corrected chi connectivity index (χ4v) is 0.723. The van der Waals surface area contributed by atoms with Gasteiger partial charge < -0.3 is 14.4 Å². The maximum absolute atomic E-state index is 8.13. The molecular weight excluding hydrogens is 154 g/mol. The lowest BCUT2D eigenvalue weighted by molar-refractivity contribution is 0.174. The Hall–Kier alpha value is 0.235. The van der Waals surface area contributed by atoms with E-state index in [4.69, 9.17) is 21.4 Å². The van der Waals surface area contributed by atoms with Crippen LogP contribution < -0.4 is 0 Å². The molecule has 0 saturated carbocycles. The second-order valence-corrected chi connectivity index (χ2v) is 2.27. The Bertz CT molecular complexity index is 73.9. The molecule has 0 rings (SSSR count). The molecule has 0 spiro atoms. The zero-order valence-corrected chi connectivity index (χ0v) is 6.67. The molecule has 59 valence electrons. The van der Waals surface area contributed by atoms with Crippen molar-refractivity contribution in [3.05, 3.63) is 0 Å². The van der Waals surface area contributed by atoms with E-state index in [1.165, 1.54) is 0 Å². The van der Waals surface area contributed by atoms with E-state index in [1.54, 1.807) is 7.11 Å². The SMILES string of the molecule is COCCC[C@@H](Cl)O[B]O. The third kappa shape index (κ3) is 6.36. The van der Waals surface area contributed by atoms with Gasteiger partial charge in [-0.25, -0.2) is 0 Å². The molecule has 0 bridgehead atoms. The lowest BCUT2D eigenvalue weighted by atomic mass is 10.3. The summed E-state index contributed by atoms with van der Waals surface area (Å²) >= 11 is 5.55. The number of hydrogen-bond donors (Lipinski definition) is 1. The summed E-state index contributed by atoms with van der Waals surface area (Å²) in [7, 11) is 2.23. The predicted molar refractivity (Wildman–Crippen MR) is 39.8 cm³/mol. The van der Waals surface area contributed by atoms with Crippen molar-refractivity contribution in [3.8, 4) is 0 Å². The minimum absolute atomic E-state index is 0.444. The third-order valence-corrected chi connectivity index (χ3v) is 1.31. The Labute approximate surface area is 66.6 Å². The summed E-state index contributed by atoms with van der Waals surface area (Å²) in [5.41, 5.74) is -0.444. The summed E-state index contributed by atoms with van der Waals surface area (Å²) in [6.45, 7) is 0.665. The monoisotopic (exact) mass is 165 g/mol. The maximum Gasteiger partial charge on any atom is 0.486 e. The fraction of sp³-hybridized carbons (Fsp3) is 1.00. The largest absolute Gasteiger partial charge is 0.486 e. The van der Waals surface area contributed by atoms with Gasteiger partial charge in [0.1, 0.15) is 5.56 Å². The maximum atomic E-state index is 8.13. The van der Waals surface area contributed by atoms with Crippen molar-refractivity contribution in [2.75, 3.05) is 13.7 Å². The highest BCUT2D eigenvalue weighted by atomic mass is 35.5. The molecule has 1 N–H and O–H groups in total. The van der Waals surface area contributed by atoms with Crippen molar-refractivity contribution >= 4 is 19.3 Å². The van der Waals surface area contributed by atoms with E-state index in [1.807, 2.05) is 0 Å². The van der Waals surface area contributed by atoms with Gasteiger partial charge in [-0.3, -0.25) is 0 Å². The molecule has 0 aromatic rings. The van der Waals surface area contributed by atoms with Crippen LogP contribution in [-0.4, -0.2) is 32.0 Å². The average Bonchev–Trinajstić information content (AvgIpc) is 1.89. The first-order chi connectivity index (χ1) is 4.81. The third-order valence-electron chi connectivity index (χ3n) is 0.988. The highest BCUT2D eigenvalue weighted by Gasteiger charge is 2.02. The summed E-state index contributed by atoms with van der Waals surface area (Å²) in [4.78, 5) is 0. The number of halogens is 1. The van der Waals surface area contributed by atoms with Crippen LogP contribution in [-0.2, 0) is 9.39 Å². The second-order valence-electron chi connectivity index (χ2n) is 1.79. The fourth-order valence-electron chi connectivity index (χ4n) is 0.522. The molecule has 0 unspecified atom stereocenters. The van der Waals surface area contributed by atoms with E-state index >= 15 is 0 Å². The van der Waals surface area contributed by atoms with Crippen LogP contribution in [0.15, 0.2) is 0 Å². The predicted octanol–water partition coefficient (Wildman–Crippen LogP) is 0.521. The van der Waals surface area contributed by atoms with Gasteiger partial charge in [0.05, 0.1) is 0 Å². The second kappa shape index (κ2) is 7.34. The Kier molecular flexibility index (Phi) is 7.52. The lowest BCUT2D eigenvalue weighted by Gasteiger charge is -2.06. The zero-order valence-electron chi connectivity index (χ0n) is 5.92. The van der Waals surface area contributed by atoms with Crippen LogP contribution in [0.3, 0.4) is 0 Å². The van der Waals surface area contributed by atoms with Crippen LogP contribution >= 0.6 is 11.6 Å². The lowest BCUT2D eigenvalue weighted by Crippen LogP contribution is -2.09. The Morgan fingerprint density at radius 3 is 2.90 bits per heavy atom. The van der Waals surface area contributed by atoms with E-state index in [9.17, 15) is 0 Å². The van der Waals surface area contributed by atoms with Crippen LogP contribution in [0.4, 0.5) is 0 Å². The van der Waals surface area contributed by atoms with Gasteiger partial charge in [-0.15, -0.1) is 0 Å². The highest BCUT2D eigenvalue weighted by molar-refractivity contribution is 6.23. The molecule has 0 aliphatic rings. The van der Waals surface area contributed by atoms with Crippen molar-refractivity contribution in [2.24, 2.45) is 0 Å². The Balaban J connectivity index is 2.97. The molecule has 0 aliphatic heterocycles. The van der Waals surface area contributed by atoms with E-state index in [0.29, 0.717) is 20.7 Å². The molecule has 10 heavy (non-hydrogen) atoms. The summed E-state index contributed by atoms with van der Waals surface area (Å²) in [5, 5.41) is 8.13. The number of rotatable bonds is 6. The van der Waals surface area contributed by atoms with E-state index in [0.717, 1.165) is 6.42 Å². The minimum atomic E-state index is -0.444. The molecule has 1 atom stereocenters. The van der Waals surface area contributed by atoms with Crippen molar-refractivity contribution in [1.82, 2.24) is 0 Å². The van der Waals surface area contributed by atoms with E-state index in [-0.39, 0.29) is 0 Å². The summed E-state index contributed by atoms with van der Waals surface area (Å²) in [6.07, 6.45) is 1.50. The van der Waals surface area contributed by atoms with Gasteiger partial charge in [0, 0.05) is 13.7 Å². The molecule has 0 aromatic heterocycles. The van der Waals surface area contributed by atoms with Crippen LogP contribution in [0, 0.1) is 0 Å². The summed E-state index contributed by atoms with van der Waals surface area (Å²) in [5.74, 6) is 0. The molecule has 0 heterocycles. The van der Waals surface area contributed by atoms with E-state index in [2.05, 4.69) is 4.65 Å². The smallest absolute Gasteiger partial charge is 0.429 e. The van der Waals surface area contributed by atoms with Gasteiger partial charge >= 0.3 is 7.69 Å². The molecule has 0 amide bonds. The van der Waals surface area contributed by atoms with Crippen molar-refractivity contribution in [3.63, 3.8) is 0 Å². The molecule has 3 nitrogen and oxygen atoms in total. The van der Waals surface area contributed by atoms with Crippen LogP contribution in [0.5, 0.6) is 0 Å². The molecule has 5 heteroatoms. The number of ether oxygens (including phenoxy) is 1. The number of alkyl halides is 1. The standard InChI is InChI=1S/C5H11BClO3/c1-9-4-2-3-5(7)10-6-8/h5,8H,2-4H2,1H3/t5-/m0/s1. The average molecular weight is 165 g/mol. The minimum Gasteiger partial charge on any atom is -0.429 e. The quantitative estimate of drug-likeness (QED) is 0.354. The van der Waals surface area contributed by atoms with Crippen molar-refractivity contribution in [1.29, 1.82) is 0 Å². The highest BCUT2D eigenvalue weighted by Crippen LogP contribution is 2.05. The van der Waals surface area contributed by atoms with E-state index < -0.39 is 5.56 Å². The molecule has 0 aliphatic carbocycles. The first-order valence-electron chi connectivity index (χ1n) is 3.05. The normalized spacial score (nSPS) is 13.1. The number of hydrogen-bond acceptors (Lipinski definition) is 3. The van der Waals surface area contributed by atoms with Gasteiger partial charge in [0.15, 0.2) is 0 Å². The molecule has 0 saturated heterocycles. The first kappa shape index (κ1) is 10.2. The van der Waals surface area contributed by atoms with Crippen LogP contribution in [0.25, 0.3) is 0 Å². The number of methoxy groups -OCH3 is 1. The summed E-state index contributed by atoms with van der Waals surface area (Å²) in [6, 6.07) is 0. The molecule has 0 fully saturated rings. The van der Waals surface area contributed by atoms with Gasteiger partial charge in [0.25, 0.3) is 0 Å².